The van der Waals surface area contributed by atoms with E-state index in [0.717, 1.165) is 0 Å². The second-order valence-corrected chi connectivity index (χ2v) is 4.31. The summed E-state index contributed by atoms with van der Waals surface area (Å²) in [6, 6.07) is 1.36. The van der Waals surface area contributed by atoms with Gasteiger partial charge in [0, 0.05) is 8.90 Å². The molecule has 0 saturated carbocycles. The molecule has 0 bridgehead atoms. The Hall–Kier alpha value is 0.510. The molecule has 1 aromatic rings. The van der Waals surface area contributed by atoms with Crippen molar-refractivity contribution < 1.29 is 8.78 Å². The highest BCUT2D eigenvalue weighted by atomic mass is 127. The minimum absolute atomic E-state index is 0.120. The molecule has 0 aromatic carbocycles. The molecular formula is C7H4BrClF2IN. The summed E-state index contributed by atoms with van der Waals surface area (Å²) in [4.78, 5) is 3.84. The maximum atomic E-state index is 12.3. The second-order valence-electron chi connectivity index (χ2n) is 2.23. The zero-order valence-electron chi connectivity index (χ0n) is 6.20. The van der Waals surface area contributed by atoms with Crippen molar-refractivity contribution in [2.45, 2.75) is 11.8 Å². The van der Waals surface area contributed by atoms with Gasteiger partial charge >= 0.3 is 0 Å². The molecule has 1 rings (SSSR count). The summed E-state index contributed by atoms with van der Waals surface area (Å²) < 4.78 is 25.3. The number of halogens is 5. The normalized spacial score (nSPS) is 10.9. The molecule has 0 aliphatic carbocycles. The smallest absolute Gasteiger partial charge is 0.239 e. The van der Waals surface area contributed by atoms with Crippen molar-refractivity contribution in [2.75, 3.05) is 0 Å². The van der Waals surface area contributed by atoms with Crippen LogP contribution in [-0.2, 0) is 5.33 Å². The van der Waals surface area contributed by atoms with Gasteiger partial charge < -0.3 is 0 Å². The van der Waals surface area contributed by atoms with Gasteiger partial charge in [-0.2, -0.15) is 0 Å². The fourth-order valence-corrected chi connectivity index (χ4v) is 2.60. The lowest BCUT2D eigenvalue weighted by Gasteiger charge is -2.05. The number of rotatable bonds is 2. The van der Waals surface area contributed by atoms with E-state index in [1.54, 1.807) is 0 Å². The lowest BCUT2D eigenvalue weighted by molar-refractivity contribution is 0.151. The first kappa shape index (κ1) is 11.6. The average Bonchev–Trinajstić information content (AvgIpc) is 2.07. The van der Waals surface area contributed by atoms with Crippen LogP contribution < -0.4 is 0 Å². The fourth-order valence-electron chi connectivity index (χ4n) is 0.763. The quantitative estimate of drug-likeness (QED) is 0.425. The van der Waals surface area contributed by atoms with E-state index >= 15 is 0 Å². The highest BCUT2D eigenvalue weighted by Gasteiger charge is 2.15. The van der Waals surface area contributed by atoms with Crippen LogP contribution in [0.3, 0.4) is 0 Å². The molecule has 0 aliphatic heterocycles. The van der Waals surface area contributed by atoms with Gasteiger partial charge in [-0.05, 0) is 28.7 Å². The molecule has 0 radical (unpaired) electrons. The average molecular weight is 382 g/mol. The lowest BCUT2D eigenvalue weighted by atomic mass is 10.2. The number of hydrogen-bond donors (Lipinski definition) is 0. The van der Waals surface area contributed by atoms with Crippen LogP contribution in [0, 0.1) is 3.57 Å². The molecular weight excluding hydrogens is 378 g/mol. The molecule has 13 heavy (non-hydrogen) atoms. The number of hydrogen-bond acceptors (Lipinski definition) is 1. The van der Waals surface area contributed by atoms with E-state index in [-0.39, 0.29) is 10.7 Å². The number of alkyl halides is 3. The van der Waals surface area contributed by atoms with Crippen LogP contribution in [0.2, 0.25) is 5.15 Å². The Balaban J connectivity index is 3.20. The summed E-state index contributed by atoms with van der Waals surface area (Å²) >= 11 is 10.7. The van der Waals surface area contributed by atoms with Crippen molar-refractivity contribution in [2.24, 2.45) is 0 Å². The standard InChI is InChI=1S/C7H4BrClF2IN/c8-2-5-4(12)1-3(7(10)11)6(9)13-5/h1,7H,2H2. The maximum absolute atomic E-state index is 12.3. The van der Waals surface area contributed by atoms with E-state index in [4.69, 9.17) is 11.6 Å². The minimum atomic E-state index is -2.57. The van der Waals surface area contributed by atoms with E-state index in [1.807, 2.05) is 22.6 Å². The first-order chi connectivity index (χ1) is 6.06. The molecule has 1 heterocycles. The van der Waals surface area contributed by atoms with Gasteiger partial charge in [0.2, 0.25) is 0 Å². The van der Waals surface area contributed by atoms with Crippen LogP contribution in [0.5, 0.6) is 0 Å². The molecule has 0 fully saturated rings. The van der Waals surface area contributed by atoms with E-state index in [9.17, 15) is 8.78 Å². The molecule has 1 aromatic heterocycles. The van der Waals surface area contributed by atoms with Gasteiger partial charge in [0.1, 0.15) is 5.15 Å². The van der Waals surface area contributed by atoms with Gasteiger partial charge in [-0.25, -0.2) is 13.8 Å². The van der Waals surface area contributed by atoms with Crippen molar-refractivity contribution in [3.63, 3.8) is 0 Å². The highest BCUT2D eigenvalue weighted by Crippen LogP contribution is 2.28. The van der Waals surface area contributed by atoms with Gasteiger partial charge in [-0.15, -0.1) is 0 Å². The van der Waals surface area contributed by atoms with Gasteiger partial charge in [0.15, 0.2) is 0 Å². The third-order valence-corrected chi connectivity index (χ3v) is 3.16. The molecule has 0 saturated heterocycles. The summed E-state index contributed by atoms with van der Waals surface area (Å²) in [5, 5.41) is 0.388. The first-order valence-corrected chi connectivity index (χ1v) is 5.83. The lowest BCUT2D eigenvalue weighted by Crippen LogP contribution is -1.96. The van der Waals surface area contributed by atoms with E-state index in [1.165, 1.54) is 6.07 Å². The van der Waals surface area contributed by atoms with Crippen molar-refractivity contribution in [3.8, 4) is 0 Å². The summed E-state index contributed by atoms with van der Waals surface area (Å²) in [5.74, 6) is 0. The summed E-state index contributed by atoms with van der Waals surface area (Å²) in [7, 11) is 0. The molecule has 72 valence electrons. The van der Waals surface area contributed by atoms with Crippen molar-refractivity contribution >= 4 is 50.1 Å². The molecule has 0 atom stereocenters. The van der Waals surface area contributed by atoms with E-state index in [0.29, 0.717) is 14.6 Å². The third kappa shape index (κ3) is 2.73. The molecule has 0 unspecified atom stereocenters. The van der Waals surface area contributed by atoms with Crippen LogP contribution in [0.1, 0.15) is 17.7 Å². The number of pyridine rings is 1. The monoisotopic (exact) mass is 381 g/mol. The second kappa shape index (κ2) is 4.84. The Morgan fingerprint density at radius 2 is 2.23 bits per heavy atom. The number of nitrogens with zero attached hydrogens (tertiary/aromatic N) is 1. The van der Waals surface area contributed by atoms with Crippen LogP contribution >= 0.6 is 50.1 Å². The van der Waals surface area contributed by atoms with Gasteiger partial charge in [0.25, 0.3) is 6.43 Å². The van der Waals surface area contributed by atoms with Crippen molar-refractivity contribution in [1.82, 2.24) is 4.98 Å². The van der Waals surface area contributed by atoms with Crippen molar-refractivity contribution in [1.29, 1.82) is 0 Å². The first-order valence-electron chi connectivity index (χ1n) is 3.25. The Labute approximate surface area is 101 Å². The summed E-state index contributed by atoms with van der Waals surface area (Å²) in [6.07, 6.45) is -2.57. The molecule has 0 N–H and O–H groups in total. The summed E-state index contributed by atoms with van der Waals surface area (Å²) in [5.41, 5.74) is 0.464. The zero-order valence-corrected chi connectivity index (χ0v) is 10.7. The van der Waals surface area contributed by atoms with Crippen LogP contribution in [0.25, 0.3) is 0 Å². The Bertz CT molecular complexity index is 322. The summed E-state index contributed by atoms with van der Waals surface area (Å²) in [6.45, 7) is 0. The Morgan fingerprint density at radius 3 is 2.69 bits per heavy atom. The van der Waals surface area contributed by atoms with Crippen LogP contribution in [0.15, 0.2) is 6.07 Å². The van der Waals surface area contributed by atoms with E-state index < -0.39 is 6.43 Å². The van der Waals surface area contributed by atoms with Crippen LogP contribution in [-0.4, -0.2) is 4.98 Å². The zero-order chi connectivity index (χ0) is 10.0. The molecule has 1 nitrogen and oxygen atoms in total. The molecule has 0 spiro atoms. The van der Waals surface area contributed by atoms with E-state index in [2.05, 4.69) is 20.9 Å². The topological polar surface area (TPSA) is 12.9 Å². The van der Waals surface area contributed by atoms with Gasteiger partial charge in [0.05, 0.1) is 11.3 Å². The van der Waals surface area contributed by atoms with Gasteiger partial charge in [-0.1, -0.05) is 27.5 Å². The predicted molar refractivity (Wildman–Crippen MR) is 59.6 cm³/mol. The maximum Gasteiger partial charge on any atom is 0.266 e. The fraction of sp³-hybridized carbons (Fsp3) is 0.286. The Morgan fingerprint density at radius 1 is 1.62 bits per heavy atom. The van der Waals surface area contributed by atoms with Crippen molar-refractivity contribution in [3.05, 3.63) is 26.0 Å². The predicted octanol–water partition coefficient (Wildman–Crippen LogP) is 4.17. The molecule has 0 aliphatic rings. The molecule has 0 amide bonds. The largest absolute Gasteiger partial charge is 0.266 e. The SMILES string of the molecule is FC(F)c1cc(I)c(CBr)nc1Cl. The minimum Gasteiger partial charge on any atom is -0.239 e. The van der Waals surface area contributed by atoms with Crippen LogP contribution in [0.4, 0.5) is 8.78 Å². The molecule has 6 heteroatoms. The van der Waals surface area contributed by atoms with Gasteiger partial charge in [-0.3, -0.25) is 0 Å². The Kier molecular flexibility index (Phi) is 4.31. The number of aromatic nitrogens is 1. The third-order valence-electron chi connectivity index (χ3n) is 1.39. The highest BCUT2D eigenvalue weighted by molar-refractivity contribution is 14.1.